The zero-order valence-electron chi connectivity index (χ0n) is 10.7. The van der Waals surface area contributed by atoms with Crippen molar-refractivity contribution in [1.29, 1.82) is 0 Å². The van der Waals surface area contributed by atoms with Crippen molar-refractivity contribution in [3.8, 4) is 0 Å². The number of nitrogens with two attached hydrogens (primary N) is 1. The Morgan fingerprint density at radius 1 is 1.44 bits per heavy atom. The Hall–Kier alpha value is -0.0400. The molecular formula is C11H26IN3O. The molecule has 0 aromatic rings. The minimum atomic E-state index is 0. The summed E-state index contributed by atoms with van der Waals surface area (Å²) < 4.78 is 5.44. The first-order valence-corrected chi connectivity index (χ1v) is 5.78. The zero-order chi connectivity index (χ0) is 11.5. The van der Waals surface area contributed by atoms with Crippen molar-refractivity contribution in [1.82, 2.24) is 5.32 Å². The van der Waals surface area contributed by atoms with E-state index in [2.05, 4.69) is 31.1 Å². The zero-order valence-corrected chi connectivity index (χ0v) is 13.0. The number of rotatable bonds is 8. The number of hydrogen-bond acceptors (Lipinski definition) is 2. The molecule has 0 rings (SSSR count). The Morgan fingerprint density at radius 3 is 2.69 bits per heavy atom. The van der Waals surface area contributed by atoms with E-state index in [1.54, 1.807) is 0 Å². The van der Waals surface area contributed by atoms with Crippen molar-refractivity contribution in [3.05, 3.63) is 0 Å². The predicted octanol–water partition coefficient (Wildman–Crippen LogP) is 1.98. The fourth-order valence-corrected chi connectivity index (χ4v) is 0.998. The van der Waals surface area contributed by atoms with Crippen LogP contribution in [0.4, 0.5) is 0 Å². The van der Waals surface area contributed by atoms with Gasteiger partial charge in [-0.2, -0.15) is 0 Å². The van der Waals surface area contributed by atoms with Crippen LogP contribution in [0.2, 0.25) is 0 Å². The third kappa shape index (κ3) is 14.0. The van der Waals surface area contributed by atoms with Gasteiger partial charge in [0.15, 0.2) is 5.96 Å². The van der Waals surface area contributed by atoms with Gasteiger partial charge in [-0.1, -0.05) is 20.8 Å². The van der Waals surface area contributed by atoms with E-state index < -0.39 is 0 Å². The first kappa shape index (κ1) is 18.3. The fraction of sp³-hybridized carbons (Fsp3) is 0.909. The highest BCUT2D eigenvalue weighted by Crippen LogP contribution is 1.92. The van der Waals surface area contributed by atoms with E-state index >= 15 is 0 Å². The lowest BCUT2D eigenvalue weighted by atomic mass is 10.2. The van der Waals surface area contributed by atoms with Crippen LogP contribution in [0.1, 0.15) is 33.6 Å². The molecule has 16 heavy (non-hydrogen) atoms. The Labute approximate surface area is 116 Å². The van der Waals surface area contributed by atoms with Gasteiger partial charge in [-0.25, -0.2) is 0 Å². The summed E-state index contributed by atoms with van der Waals surface area (Å²) in [7, 11) is 0. The maximum absolute atomic E-state index is 5.62. The monoisotopic (exact) mass is 343 g/mol. The van der Waals surface area contributed by atoms with E-state index in [0.29, 0.717) is 11.9 Å². The van der Waals surface area contributed by atoms with Crippen LogP contribution < -0.4 is 11.1 Å². The lowest BCUT2D eigenvalue weighted by Crippen LogP contribution is -2.33. The maximum Gasteiger partial charge on any atom is 0.188 e. The van der Waals surface area contributed by atoms with Crippen LogP contribution in [0.5, 0.6) is 0 Å². The van der Waals surface area contributed by atoms with E-state index in [4.69, 9.17) is 10.5 Å². The Morgan fingerprint density at radius 2 is 2.12 bits per heavy atom. The van der Waals surface area contributed by atoms with E-state index in [0.717, 1.165) is 39.1 Å². The second-order valence-electron chi connectivity index (χ2n) is 4.02. The molecule has 0 aromatic heterocycles. The fourth-order valence-electron chi connectivity index (χ4n) is 0.998. The van der Waals surface area contributed by atoms with Crippen LogP contribution in [-0.4, -0.2) is 32.3 Å². The quantitative estimate of drug-likeness (QED) is 0.307. The van der Waals surface area contributed by atoms with E-state index in [9.17, 15) is 0 Å². The lowest BCUT2D eigenvalue weighted by Gasteiger charge is -2.07. The normalized spacial score (nSPS) is 11.4. The van der Waals surface area contributed by atoms with Crippen LogP contribution in [0, 0.1) is 5.92 Å². The number of guanidine groups is 1. The molecule has 3 N–H and O–H groups in total. The number of ether oxygens (including phenoxy) is 1. The Kier molecular flexibility index (Phi) is 14.9. The van der Waals surface area contributed by atoms with Crippen molar-refractivity contribution in [2.24, 2.45) is 16.6 Å². The highest BCUT2D eigenvalue weighted by atomic mass is 127. The van der Waals surface area contributed by atoms with Gasteiger partial charge in [0.05, 0.1) is 0 Å². The summed E-state index contributed by atoms with van der Waals surface area (Å²) in [6.45, 7) is 9.61. The Bertz CT molecular complexity index is 175. The minimum absolute atomic E-state index is 0. The molecule has 0 aliphatic heterocycles. The van der Waals surface area contributed by atoms with Crippen molar-refractivity contribution in [3.63, 3.8) is 0 Å². The molecule has 98 valence electrons. The van der Waals surface area contributed by atoms with E-state index in [1.807, 2.05) is 0 Å². The van der Waals surface area contributed by atoms with Crippen molar-refractivity contribution < 1.29 is 4.74 Å². The predicted molar refractivity (Wildman–Crippen MR) is 80.5 cm³/mol. The average molecular weight is 343 g/mol. The first-order valence-electron chi connectivity index (χ1n) is 5.78. The highest BCUT2D eigenvalue weighted by molar-refractivity contribution is 14.0. The summed E-state index contributed by atoms with van der Waals surface area (Å²) in [4.78, 5) is 4.13. The molecule has 4 nitrogen and oxygen atoms in total. The largest absolute Gasteiger partial charge is 0.381 e. The summed E-state index contributed by atoms with van der Waals surface area (Å²) in [6, 6.07) is 0. The van der Waals surface area contributed by atoms with Gasteiger partial charge in [-0.15, -0.1) is 24.0 Å². The lowest BCUT2D eigenvalue weighted by molar-refractivity contribution is 0.108. The van der Waals surface area contributed by atoms with Gasteiger partial charge in [0, 0.05) is 26.3 Å². The Balaban J connectivity index is 0. The second kappa shape index (κ2) is 13.0. The molecule has 0 saturated heterocycles. The molecule has 0 aromatic carbocycles. The van der Waals surface area contributed by atoms with Crippen LogP contribution in [0.3, 0.4) is 0 Å². The standard InChI is InChI=1S/C11H25N3O.HI/c1-4-6-13-11(12)14-7-5-8-15-9-10(2)3;/h10H,4-9H2,1-3H3,(H3,12,13,14);1H. The van der Waals surface area contributed by atoms with Gasteiger partial charge in [0.1, 0.15) is 0 Å². The third-order valence-corrected chi connectivity index (χ3v) is 1.73. The SMILES string of the molecule is CCCN=C(N)NCCCOCC(C)C.I. The molecule has 0 heterocycles. The first-order chi connectivity index (χ1) is 7.16. The van der Waals surface area contributed by atoms with Crippen molar-refractivity contribution >= 4 is 29.9 Å². The molecule has 5 heteroatoms. The number of hydrogen-bond donors (Lipinski definition) is 2. The van der Waals surface area contributed by atoms with Gasteiger partial charge in [0.2, 0.25) is 0 Å². The number of nitrogens with zero attached hydrogens (tertiary/aromatic N) is 1. The second-order valence-corrected chi connectivity index (χ2v) is 4.02. The molecule has 0 unspecified atom stereocenters. The molecule has 0 fully saturated rings. The van der Waals surface area contributed by atoms with E-state index in [-0.39, 0.29) is 24.0 Å². The van der Waals surface area contributed by atoms with Crippen LogP contribution in [0.25, 0.3) is 0 Å². The summed E-state index contributed by atoms with van der Waals surface area (Å²) in [6.07, 6.45) is 1.99. The van der Waals surface area contributed by atoms with Gasteiger partial charge in [-0.3, -0.25) is 4.99 Å². The summed E-state index contributed by atoms with van der Waals surface area (Å²) in [5.74, 6) is 1.15. The van der Waals surface area contributed by atoms with Gasteiger partial charge < -0.3 is 15.8 Å². The van der Waals surface area contributed by atoms with Crippen molar-refractivity contribution in [2.45, 2.75) is 33.6 Å². The highest BCUT2D eigenvalue weighted by Gasteiger charge is 1.94. The minimum Gasteiger partial charge on any atom is -0.381 e. The average Bonchev–Trinajstić information content (AvgIpc) is 2.19. The van der Waals surface area contributed by atoms with Crippen LogP contribution >= 0.6 is 24.0 Å². The van der Waals surface area contributed by atoms with Gasteiger partial charge >= 0.3 is 0 Å². The molecule has 0 atom stereocenters. The topological polar surface area (TPSA) is 59.6 Å². The smallest absolute Gasteiger partial charge is 0.188 e. The van der Waals surface area contributed by atoms with Crippen LogP contribution in [0.15, 0.2) is 4.99 Å². The number of nitrogens with one attached hydrogen (secondary N) is 1. The molecule has 0 aliphatic rings. The van der Waals surface area contributed by atoms with Gasteiger partial charge in [-0.05, 0) is 18.8 Å². The molecular weight excluding hydrogens is 317 g/mol. The maximum atomic E-state index is 5.62. The summed E-state index contributed by atoms with van der Waals surface area (Å²) >= 11 is 0. The number of aliphatic imine (C=N–C) groups is 1. The molecule has 0 spiro atoms. The molecule has 0 aliphatic carbocycles. The van der Waals surface area contributed by atoms with Crippen LogP contribution in [-0.2, 0) is 4.74 Å². The molecule has 0 bridgehead atoms. The molecule has 0 saturated carbocycles. The molecule has 0 amide bonds. The summed E-state index contributed by atoms with van der Waals surface area (Å²) in [5.41, 5.74) is 5.62. The van der Waals surface area contributed by atoms with Crippen molar-refractivity contribution in [2.75, 3.05) is 26.3 Å². The van der Waals surface area contributed by atoms with Gasteiger partial charge in [0.25, 0.3) is 0 Å². The number of halogens is 1. The third-order valence-electron chi connectivity index (χ3n) is 1.73. The molecule has 0 radical (unpaired) electrons. The van der Waals surface area contributed by atoms with E-state index in [1.165, 1.54) is 0 Å². The summed E-state index contributed by atoms with van der Waals surface area (Å²) in [5, 5.41) is 3.05.